The fraction of sp³-hybridized carbons (Fsp3) is 0.667. The van der Waals surface area contributed by atoms with E-state index < -0.39 is 11.6 Å². The monoisotopic (exact) mass is 284 g/mol. The summed E-state index contributed by atoms with van der Waals surface area (Å²) >= 11 is 0. The lowest BCUT2D eigenvalue weighted by Crippen LogP contribution is -2.17. The van der Waals surface area contributed by atoms with Crippen LogP contribution in [0.25, 0.3) is 0 Å². The molecule has 0 bridgehead atoms. The second-order valence-electron chi connectivity index (χ2n) is 5.26. The second kappa shape index (κ2) is 7.41. The summed E-state index contributed by atoms with van der Waals surface area (Å²) in [6, 6.07) is 0.844. The molecule has 0 aliphatic heterocycles. The third-order valence-electron chi connectivity index (χ3n) is 3.52. The molecule has 1 aromatic heterocycles. The van der Waals surface area contributed by atoms with Gasteiger partial charge in [0.25, 0.3) is 5.88 Å². The number of hydrogen-bond acceptors (Lipinski definition) is 3. The molecule has 5 heteroatoms. The Hall–Kier alpha value is -1.39. The lowest BCUT2D eigenvalue weighted by molar-refractivity contribution is 0.167. The molecule has 0 unspecified atom stereocenters. The highest BCUT2D eigenvalue weighted by atomic mass is 19.1. The molecule has 3 nitrogen and oxygen atoms in total. The molecule has 0 radical (unpaired) electrons. The van der Waals surface area contributed by atoms with Gasteiger partial charge in [0.2, 0.25) is 0 Å². The Kier molecular flexibility index (Phi) is 5.56. The smallest absolute Gasteiger partial charge is 0.252 e. The van der Waals surface area contributed by atoms with Gasteiger partial charge in [-0.3, -0.25) is 0 Å². The lowest BCUT2D eigenvalue weighted by Gasteiger charge is -2.17. The van der Waals surface area contributed by atoms with Crippen LogP contribution in [-0.2, 0) is 0 Å². The van der Waals surface area contributed by atoms with Crippen LogP contribution < -0.4 is 10.1 Å². The first kappa shape index (κ1) is 15.0. The van der Waals surface area contributed by atoms with Crippen LogP contribution in [0.2, 0.25) is 0 Å². The predicted molar refractivity (Wildman–Crippen MR) is 75.1 cm³/mol. The zero-order chi connectivity index (χ0) is 14.4. The van der Waals surface area contributed by atoms with E-state index in [2.05, 4.69) is 10.3 Å². The molecule has 0 amide bonds. The summed E-state index contributed by atoms with van der Waals surface area (Å²) in [6.07, 6.45) is 7.24. The van der Waals surface area contributed by atoms with Gasteiger partial charge < -0.3 is 10.1 Å². The molecule has 20 heavy (non-hydrogen) atoms. The molecule has 1 fully saturated rings. The van der Waals surface area contributed by atoms with Crippen molar-refractivity contribution in [2.45, 2.75) is 58.0 Å². The van der Waals surface area contributed by atoms with Crippen LogP contribution in [0.4, 0.5) is 14.6 Å². The van der Waals surface area contributed by atoms with Crippen molar-refractivity contribution in [1.82, 2.24) is 4.98 Å². The highest BCUT2D eigenvalue weighted by Crippen LogP contribution is 2.26. The van der Waals surface area contributed by atoms with Gasteiger partial charge in [0.15, 0.2) is 17.5 Å². The molecular formula is C15H22F2N2O. The van der Waals surface area contributed by atoms with Crippen molar-refractivity contribution in [3.63, 3.8) is 0 Å². The molecule has 0 spiro atoms. The van der Waals surface area contributed by atoms with Gasteiger partial charge in [-0.1, -0.05) is 19.8 Å². The van der Waals surface area contributed by atoms with Gasteiger partial charge in [0.05, 0.1) is 0 Å². The number of aromatic nitrogens is 1. The van der Waals surface area contributed by atoms with Gasteiger partial charge in [0.1, 0.15) is 6.10 Å². The number of nitrogens with zero attached hydrogens (tertiary/aromatic N) is 1. The van der Waals surface area contributed by atoms with E-state index in [0.29, 0.717) is 6.54 Å². The van der Waals surface area contributed by atoms with Crippen LogP contribution >= 0.6 is 0 Å². The lowest BCUT2D eigenvalue weighted by atomic mass is 10.1. The van der Waals surface area contributed by atoms with E-state index in [1.54, 1.807) is 0 Å². The van der Waals surface area contributed by atoms with Gasteiger partial charge in [0, 0.05) is 12.6 Å². The predicted octanol–water partition coefficient (Wildman–Crippen LogP) is 4.28. The molecule has 1 aliphatic carbocycles. The van der Waals surface area contributed by atoms with E-state index in [1.807, 2.05) is 6.92 Å². The molecule has 2 rings (SSSR count). The minimum absolute atomic E-state index is 0.0102. The summed E-state index contributed by atoms with van der Waals surface area (Å²) in [5, 5.41) is 2.85. The first-order chi connectivity index (χ1) is 9.70. The number of hydrogen-bond donors (Lipinski definition) is 1. The Morgan fingerprint density at radius 1 is 1.20 bits per heavy atom. The zero-order valence-electron chi connectivity index (χ0n) is 11.9. The molecule has 1 saturated carbocycles. The Morgan fingerprint density at radius 2 is 1.90 bits per heavy atom. The molecule has 0 aromatic carbocycles. The van der Waals surface area contributed by atoms with Gasteiger partial charge in [-0.25, -0.2) is 8.78 Å². The minimum Gasteiger partial charge on any atom is -0.472 e. The number of rotatable bonds is 5. The van der Waals surface area contributed by atoms with Crippen molar-refractivity contribution >= 4 is 5.82 Å². The highest BCUT2D eigenvalue weighted by Gasteiger charge is 2.19. The van der Waals surface area contributed by atoms with E-state index >= 15 is 0 Å². The highest BCUT2D eigenvalue weighted by molar-refractivity contribution is 5.39. The first-order valence-electron chi connectivity index (χ1n) is 7.47. The molecule has 1 aliphatic rings. The SMILES string of the molecule is CCCNc1nc(OC2CCCCCC2)c(F)cc1F. The topological polar surface area (TPSA) is 34.2 Å². The van der Waals surface area contributed by atoms with E-state index in [1.165, 1.54) is 12.8 Å². The van der Waals surface area contributed by atoms with E-state index in [-0.39, 0.29) is 17.8 Å². The maximum atomic E-state index is 13.8. The van der Waals surface area contributed by atoms with Crippen molar-refractivity contribution in [1.29, 1.82) is 0 Å². The van der Waals surface area contributed by atoms with Crippen molar-refractivity contribution in [2.24, 2.45) is 0 Å². The van der Waals surface area contributed by atoms with Crippen LogP contribution in [0.5, 0.6) is 5.88 Å². The maximum absolute atomic E-state index is 13.8. The molecule has 1 heterocycles. The average Bonchev–Trinajstić information content (AvgIpc) is 2.69. The van der Waals surface area contributed by atoms with Gasteiger partial charge in [-0.2, -0.15) is 4.98 Å². The standard InChI is InChI=1S/C15H22F2N2O/c1-2-9-18-14-12(16)10-13(17)15(19-14)20-11-7-5-3-4-6-8-11/h10-11H,2-9H2,1H3,(H,18,19). The van der Waals surface area contributed by atoms with E-state index in [9.17, 15) is 8.78 Å². The van der Waals surface area contributed by atoms with Gasteiger partial charge in [-0.15, -0.1) is 0 Å². The maximum Gasteiger partial charge on any atom is 0.252 e. The third kappa shape index (κ3) is 4.05. The fourth-order valence-electron chi connectivity index (χ4n) is 2.42. The molecular weight excluding hydrogens is 262 g/mol. The minimum atomic E-state index is -0.728. The fourth-order valence-corrected chi connectivity index (χ4v) is 2.42. The number of ether oxygens (including phenoxy) is 1. The summed E-state index contributed by atoms with van der Waals surface area (Å²) in [5.74, 6) is -1.42. The van der Waals surface area contributed by atoms with Crippen molar-refractivity contribution < 1.29 is 13.5 Å². The third-order valence-corrected chi connectivity index (χ3v) is 3.52. The molecule has 1 N–H and O–H groups in total. The molecule has 1 aromatic rings. The Bertz CT molecular complexity index is 432. The van der Waals surface area contributed by atoms with Crippen LogP contribution in [0, 0.1) is 11.6 Å². The van der Waals surface area contributed by atoms with E-state index in [0.717, 1.165) is 38.2 Å². The van der Waals surface area contributed by atoms with Gasteiger partial charge in [-0.05, 0) is 32.1 Å². The molecule has 0 saturated heterocycles. The normalized spacial score (nSPS) is 16.8. The van der Waals surface area contributed by atoms with Crippen LogP contribution in [-0.4, -0.2) is 17.6 Å². The van der Waals surface area contributed by atoms with Crippen LogP contribution in [0.15, 0.2) is 6.07 Å². The van der Waals surface area contributed by atoms with Gasteiger partial charge >= 0.3 is 0 Å². The summed E-state index contributed by atoms with van der Waals surface area (Å²) in [6.45, 7) is 2.57. The second-order valence-corrected chi connectivity index (χ2v) is 5.26. The Morgan fingerprint density at radius 3 is 2.55 bits per heavy atom. The van der Waals surface area contributed by atoms with Crippen molar-refractivity contribution in [3.8, 4) is 5.88 Å². The van der Waals surface area contributed by atoms with Crippen molar-refractivity contribution in [3.05, 3.63) is 17.7 Å². The zero-order valence-corrected chi connectivity index (χ0v) is 11.9. The van der Waals surface area contributed by atoms with E-state index in [4.69, 9.17) is 4.74 Å². The number of pyridine rings is 1. The van der Waals surface area contributed by atoms with Crippen LogP contribution in [0.1, 0.15) is 51.9 Å². The quantitative estimate of drug-likeness (QED) is 0.819. The molecule has 0 atom stereocenters. The first-order valence-corrected chi connectivity index (χ1v) is 7.47. The van der Waals surface area contributed by atoms with Crippen molar-refractivity contribution in [2.75, 3.05) is 11.9 Å². The number of nitrogens with one attached hydrogen (secondary N) is 1. The summed E-state index contributed by atoms with van der Waals surface area (Å²) in [5.41, 5.74) is 0. The Balaban J connectivity index is 2.09. The number of anilines is 1. The summed E-state index contributed by atoms with van der Waals surface area (Å²) < 4.78 is 33.0. The Labute approximate surface area is 118 Å². The summed E-state index contributed by atoms with van der Waals surface area (Å²) in [7, 11) is 0. The molecule has 112 valence electrons. The largest absolute Gasteiger partial charge is 0.472 e. The summed E-state index contributed by atoms with van der Waals surface area (Å²) in [4.78, 5) is 3.95. The average molecular weight is 284 g/mol. The van der Waals surface area contributed by atoms with Crippen LogP contribution in [0.3, 0.4) is 0 Å². The number of halogens is 2.